The zero-order chi connectivity index (χ0) is 13.5. The summed E-state index contributed by atoms with van der Waals surface area (Å²) >= 11 is 11.8. The van der Waals surface area contributed by atoms with E-state index in [1.54, 1.807) is 25.3 Å². The number of methoxy groups -OCH3 is 1. The summed E-state index contributed by atoms with van der Waals surface area (Å²) in [5, 5.41) is 3.47. The van der Waals surface area contributed by atoms with Crippen LogP contribution in [0, 0.1) is 0 Å². The fourth-order valence-electron chi connectivity index (χ4n) is 1.37. The second-order valence-corrected chi connectivity index (χ2v) is 4.58. The van der Waals surface area contributed by atoms with Crippen molar-refractivity contribution in [3.8, 4) is 5.75 Å². The van der Waals surface area contributed by atoms with Gasteiger partial charge in [-0.3, -0.25) is 4.79 Å². The van der Waals surface area contributed by atoms with E-state index in [-0.39, 0.29) is 18.6 Å². The van der Waals surface area contributed by atoms with Crippen molar-refractivity contribution in [1.82, 2.24) is 5.32 Å². The number of carbonyl (C=O) groups is 1. The topological polar surface area (TPSA) is 47.6 Å². The minimum Gasteiger partial charge on any atom is -0.481 e. The Kier molecular flexibility index (Phi) is 6.25. The van der Waals surface area contributed by atoms with Gasteiger partial charge in [-0.1, -0.05) is 29.3 Å². The summed E-state index contributed by atoms with van der Waals surface area (Å²) in [6.45, 7) is 2.14. The average molecular weight is 292 g/mol. The number of ether oxygens (including phenoxy) is 2. The predicted octanol–water partition coefficient (Wildman–Crippen LogP) is 2.52. The fourth-order valence-corrected chi connectivity index (χ4v) is 1.87. The molecule has 1 unspecified atom stereocenters. The summed E-state index contributed by atoms with van der Waals surface area (Å²) in [5.41, 5.74) is 0. The Hall–Kier alpha value is -0.970. The van der Waals surface area contributed by atoms with Gasteiger partial charge in [-0.2, -0.15) is 0 Å². The minimum absolute atomic E-state index is 0.0761. The van der Waals surface area contributed by atoms with Gasteiger partial charge in [0.15, 0.2) is 12.4 Å². The van der Waals surface area contributed by atoms with Gasteiger partial charge in [-0.05, 0) is 19.1 Å². The first-order valence-corrected chi connectivity index (χ1v) is 6.15. The maximum Gasteiger partial charge on any atom is 0.258 e. The molecule has 1 aromatic rings. The second kappa shape index (κ2) is 7.46. The molecule has 0 aliphatic carbocycles. The van der Waals surface area contributed by atoms with Crippen LogP contribution >= 0.6 is 23.2 Å². The van der Waals surface area contributed by atoms with Crippen LogP contribution in [0.2, 0.25) is 10.0 Å². The first-order valence-electron chi connectivity index (χ1n) is 5.39. The molecule has 1 aromatic carbocycles. The van der Waals surface area contributed by atoms with Crippen LogP contribution in [0.5, 0.6) is 5.75 Å². The smallest absolute Gasteiger partial charge is 0.258 e. The average Bonchev–Trinajstić information content (AvgIpc) is 2.28. The number of halogens is 2. The number of benzene rings is 1. The molecular formula is C12H15Cl2NO3. The molecule has 0 spiro atoms. The third-order valence-corrected chi connectivity index (χ3v) is 2.69. The molecule has 0 bridgehead atoms. The maximum atomic E-state index is 11.5. The van der Waals surface area contributed by atoms with Gasteiger partial charge in [0.1, 0.15) is 0 Å². The second-order valence-electron chi connectivity index (χ2n) is 3.76. The molecule has 0 aromatic heterocycles. The molecule has 0 fully saturated rings. The molecule has 1 N–H and O–H groups in total. The summed E-state index contributed by atoms with van der Waals surface area (Å²) < 4.78 is 10.2. The van der Waals surface area contributed by atoms with Crippen LogP contribution in [-0.4, -0.2) is 32.3 Å². The third-order valence-electron chi connectivity index (χ3n) is 2.09. The first-order chi connectivity index (χ1) is 8.54. The highest BCUT2D eigenvalue weighted by Crippen LogP contribution is 2.32. The lowest BCUT2D eigenvalue weighted by Gasteiger charge is -2.14. The summed E-state index contributed by atoms with van der Waals surface area (Å²) in [6, 6.07) is 4.92. The van der Waals surface area contributed by atoms with Gasteiger partial charge in [0.25, 0.3) is 5.91 Å². The van der Waals surface area contributed by atoms with Gasteiger partial charge in [-0.15, -0.1) is 0 Å². The van der Waals surface area contributed by atoms with Crippen molar-refractivity contribution >= 4 is 29.1 Å². The molecule has 0 saturated heterocycles. The van der Waals surface area contributed by atoms with Crippen LogP contribution in [0.15, 0.2) is 18.2 Å². The zero-order valence-corrected chi connectivity index (χ0v) is 11.7. The fraction of sp³-hybridized carbons (Fsp3) is 0.417. The van der Waals surface area contributed by atoms with E-state index in [0.29, 0.717) is 22.4 Å². The highest BCUT2D eigenvalue weighted by molar-refractivity contribution is 6.37. The SMILES string of the molecule is COCC(C)NC(=O)COc1c(Cl)cccc1Cl. The first kappa shape index (κ1) is 15.1. The van der Waals surface area contributed by atoms with Crippen molar-refractivity contribution in [2.75, 3.05) is 20.3 Å². The number of rotatable bonds is 6. The standard InChI is InChI=1S/C12H15Cl2NO3/c1-8(6-17-2)15-11(16)7-18-12-9(13)4-3-5-10(12)14/h3-5,8H,6-7H2,1-2H3,(H,15,16). The van der Waals surface area contributed by atoms with Crippen LogP contribution < -0.4 is 10.1 Å². The highest BCUT2D eigenvalue weighted by Gasteiger charge is 2.11. The Morgan fingerprint density at radius 2 is 2.00 bits per heavy atom. The molecule has 0 aliphatic rings. The third kappa shape index (κ3) is 4.72. The lowest BCUT2D eigenvalue weighted by Crippen LogP contribution is -2.38. The molecule has 0 saturated carbocycles. The Morgan fingerprint density at radius 3 is 2.56 bits per heavy atom. The van der Waals surface area contributed by atoms with Crippen molar-refractivity contribution in [3.63, 3.8) is 0 Å². The molecule has 0 radical (unpaired) electrons. The van der Waals surface area contributed by atoms with E-state index < -0.39 is 0 Å². The molecule has 4 nitrogen and oxygen atoms in total. The lowest BCUT2D eigenvalue weighted by atomic mass is 10.3. The van der Waals surface area contributed by atoms with E-state index in [4.69, 9.17) is 32.7 Å². The van der Waals surface area contributed by atoms with Crippen LogP contribution in [0.3, 0.4) is 0 Å². The van der Waals surface area contributed by atoms with E-state index in [0.717, 1.165) is 0 Å². The highest BCUT2D eigenvalue weighted by atomic mass is 35.5. The molecule has 0 heterocycles. The molecule has 1 amide bonds. The molecule has 1 atom stereocenters. The van der Waals surface area contributed by atoms with Crippen molar-refractivity contribution in [3.05, 3.63) is 28.2 Å². The normalized spacial score (nSPS) is 12.0. The van der Waals surface area contributed by atoms with Gasteiger partial charge in [0, 0.05) is 13.2 Å². The van der Waals surface area contributed by atoms with Gasteiger partial charge in [0.05, 0.1) is 16.7 Å². The predicted molar refractivity (Wildman–Crippen MR) is 71.4 cm³/mol. The van der Waals surface area contributed by atoms with E-state index in [1.165, 1.54) is 0 Å². The molecule has 1 rings (SSSR count). The molecule has 18 heavy (non-hydrogen) atoms. The monoisotopic (exact) mass is 291 g/mol. The number of nitrogens with one attached hydrogen (secondary N) is 1. The van der Waals surface area contributed by atoms with Crippen molar-refractivity contribution in [2.45, 2.75) is 13.0 Å². The minimum atomic E-state index is -0.254. The Morgan fingerprint density at radius 1 is 1.39 bits per heavy atom. The van der Waals surface area contributed by atoms with Crippen LogP contribution in [0.1, 0.15) is 6.92 Å². The van der Waals surface area contributed by atoms with Crippen molar-refractivity contribution < 1.29 is 14.3 Å². The van der Waals surface area contributed by atoms with Crippen LogP contribution in [0.25, 0.3) is 0 Å². The summed E-state index contributed by atoms with van der Waals surface area (Å²) in [6.07, 6.45) is 0. The van der Waals surface area contributed by atoms with E-state index in [2.05, 4.69) is 5.32 Å². The van der Waals surface area contributed by atoms with Gasteiger partial charge < -0.3 is 14.8 Å². The van der Waals surface area contributed by atoms with Crippen LogP contribution in [0.4, 0.5) is 0 Å². The number of para-hydroxylation sites is 1. The van der Waals surface area contributed by atoms with E-state index >= 15 is 0 Å². The number of carbonyl (C=O) groups excluding carboxylic acids is 1. The molecule has 100 valence electrons. The van der Waals surface area contributed by atoms with Crippen molar-refractivity contribution in [2.24, 2.45) is 0 Å². The largest absolute Gasteiger partial charge is 0.481 e. The molecular weight excluding hydrogens is 277 g/mol. The Bertz CT molecular complexity index is 392. The quantitative estimate of drug-likeness (QED) is 0.876. The summed E-state index contributed by atoms with van der Waals surface area (Å²) in [5.74, 6) is 0.0610. The lowest BCUT2D eigenvalue weighted by molar-refractivity contribution is -0.124. The van der Waals surface area contributed by atoms with Gasteiger partial charge in [0.2, 0.25) is 0 Å². The number of hydrogen-bond acceptors (Lipinski definition) is 3. The van der Waals surface area contributed by atoms with E-state index in [1.807, 2.05) is 6.92 Å². The zero-order valence-electron chi connectivity index (χ0n) is 10.2. The van der Waals surface area contributed by atoms with Gasteiger partial charge in [-0.25, -0.2) is 0 Å². The molecule has 0 aliphatic heterocycles. The molecule has 6 heteroatoms. The van der Waals surface area contributed by atoms with E-state index in [9.17, 15) is 4.79 Å². The number of amides is 1. The Labute approximate surface area is 116 Å². The number of hydrogen-bond donors (Lipinski definition) is 1. The van der Waals surface area contributed by atoms with Gasteiger partial charge >= 0.3 is 0 Å². The maximum absolute atomic E-state index is 11.5. The van der Waals surface area contributed by atoms with Crippen molar-refractivity contribution in [1.29, 1.82) is 0 Å². The van der Waals surface area contributed by atoms with Crippen LogP contribution in [-0.2, 0) is 9.53 Å². The summed E-state index contributed by atoms with van der Waals surface area (Å²) in [7, 11) is 1.57. The Balaban J connectivity index is 2.48. The summed E-state index contributed by atoms with van der Waals surface area (Å²) in [4.78, 5) is 11.5.